The summed E-state index contributed by atoms with van der Waals surface area (Å²) in [4.78, 5) is 4.08. The van der Waals surface area contributed by atoms with Crippen LogP contribution in [0.4, 0.5) is 0 Å². The van der Waals surface area contributed by atoms with Crippen LogP contribution in [0.25, 0.3) is 20.2 Å². The van der Waals surface area contributed by atoms with E-state index < -0.39 is 5.60 Å². The molecule has 0 radical (unpaired) electrons. The van der Waals surface area contributed by atoms with Crippen LogP contribution in [0.2, 0.25) is 0 Å². The van der Waals surface area contributed by atoms with Crippen LogP contribution in [0.1, 0.15) is 19.4 Å². The SMILES string of the molecule is CC(Cn1ccnc1)C(C)(O)c1ccc2sc3ccccc3c2c1. The predicted octanol–water partition coefficient (Wildman–Crippen LogP) is 4.79. The molecule has 0 aliphatic heterocycles. The Bertz CT molecular complexity index is 985. The fourth-order valence-corrected chi connectivity index (χ4v) is 4.30. The molecule has 0 bridgehead atoms. The van der Waals surface area contributed by atoms with Gasteiger partial charge in [-0.1, -0.05) is 31.2 Å². The maximum absolute atomic E-state index is 11.2. The molecule has 4 heteroatoms. The largest absolute Gasteiger partial charge is 0.385 e. The summed E-state index contributed by atoms with van der Waals surface area (Å²) in [6.45, 7) is 4.72. The van der Waals surface area contributed by atoms with Crippen molar-refractivity contribution in [2.75, 3.05) is 0 Å². The van der Waals surface area contributed by atoms with Crippen LogP contribution in [-0.2, 0) is 12.1 Å². The van der Waals surface area contributed by atoms with Crippen molar-refractivity contribution in [1.82, 2.24) is 9.55 Å². The molecule has 122 valence electrons. The van der Waals surface area contributed by atoms with E-state index >= 15 is 0 Å². The molecule has 4 aromatic rings. The zero-order valence-electron chi connectivity index (χ0n) is 13.8. The van der Waals surface area contributed by atoms with Gasteiger partial charge >= 0.3 is 0 Å². The first-order valence-corrected chi connectivity index (χ1v) is 8.97. The highest BCUT2D eigenvalue weighted by Crippen LogP contribution is 2.38. The van der Waals surface area contributed by atoms with E-state index in [2.05, 4.69) is 54.4 Å². The first-order chi connectivity index (χ1) is 11.6. The fraction of sp³-hybridized carbons (Fsp3) is 0.250. The molecule has 0 saturated carbocycles. The Morgan fingerprint density at radius 3 is 2.75 bits per heavy atom. The van der Waals surface area contributed by atoms with Gasteiger partial charge in [0, 0.05) is 45.0 Å². The predicted molar refractivity (Wildman–Crippen MR) is 100 cm³/mol. The van der Waals surface area contributed by atoms with E-state index in [1.807, 2.05) is 17.7 Å². The van der Waals surface area contributed by atoms with E-state index in [0.717, 1.165) is 12.1 Å². The Morgan fingerprint density at radius 2 is 1.96 bits per heavy atom. The molecule has 0 saturated heterocycles. The average Bonchev–Trinajstić information content (AvgIpc) is 3.21. The standard InChI is InChI=1S/C20H20N2OS/c1-14(12-22-10-9-21-13-22)20(2,23)15-7-8-19-17(11-15)16-5-3-4-6-18(16)24-19/h3-11,13-14,23H,12H2,1-2H3. The third-order valence-electron chi connectivity index (χ3n) is 4.96. The highest BCUT2D eigenvalue weighted by atomic mass is 32.1. The van der Waals surface area contributed by atoms with Gasteiger partial charge in [0.15, 0.2) is 0 Å². The molecule has 4 rings (SSSR count). The first-order valence-electron chi connectivity index (χ1n) is 8.15. The van der Waals surface area contributed by atoms with Crippen LogP contribution in [0.3, 0.4) is 0 Å². The maximum Gasteiger partial charge on any atom is 0.0946 e. The minimum atomic E-state index is -0.901. The van der Waals surface area contributed by atoms with Crippen molar-refractivity contribution in [3.8, 4) is 0 Å². The third kappa shape index (κ3) is 2.52. The molecule has 1 N–H and O–H groups in total. The summed E-state index contributed by atoms with van der Waals surface area (Å²) >= 11 is 1.80. The smallest absolute Gasteiger partial charge is 0.0946 e. The Morgan fingerprint density at radius 1 is 1.17 bits per heavy atom. The molecular weight excluding hydrogens is 316 g/mol. The van der Waals surface area contributed by atoms with Gasteiger partial charge < -0.3 is 9.67 Å². The van der Waals surface area contributed by atoms with Crippen molar-refractivity contribution in [2.45, 2.75) is 26.0 Å². The van der Waals surface area contributed by atoms with E-state index in [1.54, 1.807) is 23.9 Å². The number of thiophene rings is 1. The van der Waals surface area contributed by atoms with Gasteiger partial charge in [-0.05, 0) is 30.7 Å². The number of fused-ring (bicyclic) bond motifs is 3. The quantitative estimate of drug-likeness (QED) is 0.581. The van der Waals surface area contributed by atoms with E-state index in [9.17, 15) is 5.11 Å². The number of rotatable bonds is 4. The van der Waals surface area contributed by atoms with Crippen molar-refractivity contribution in [3.63, 3.8) is 0 Å². The summed E-state index contributed by atoms with van der Waals surface area (Å²) in [6.07, 6.45) is 5.50. The van der Waals surface area contributed by atoms with Crippen molar-refractivity contribution in [1.29, 1.82) is 0 Å². The molecule has 2 unspecified atom stereocenters. The number of nitrogens with zero attached hydrogens (tertiary/aromatic N) is 2. The number of aliphatic hydroxyl groups is 1. The lowest BCUT2D eigenvalue weighted by Crippen LogP contribution is -2.32. The summed E-state index contributed by atoms with van der Waals surface area (Å²) in [6, 6.07) is 14.8. The average molecular weight is 336 g/mol. The van der Waals surface area contributed by atoms with Crippen LogP contribution in [0.5, 0.6) is 0 Å². The zero-order valence-corrected chi connectivity index (χ0v) is 14.6. The molecule has 24 heavy (non-hydrogen) atoms. The van der Waals surface area contributed by atoms with Crippen molar-refractivity contribution in [3.05, 3.63) is 66.7 Å². The molecule has 0 spiro atoms. The zero-order chi connectivity index (χ0) is 16.7. The minimum absolute atomic E-state index is 0.0639. The van der Waals surface area contributed by atoms with Gasteiger partial charge in [0.05, 0.1) is 11.9 Å². The van der Waals surface area contributed by atoms with Gasteiger partial charge in [-0.15, -0.1) is 11.3 Å². The Labute approximate surface area is 145 Å². The van der Waals surface area contributed by atoms with Crippen LogP contribution >= 0.6 is 11.3 Å². The molecule has 0 aliphatic rings. The monoisotopic (exact) mass is 336 g/mol. The number of aromatic nitrogens is 2. The molecule has 2 aromatic heterocycles. The molecule has 0 aliphatic carbocycles. The molecule has 0 fully saturated rings. The number of hydrogen-bond acceptors (Lipinski definition) is 3. The highest BCUT2D eigenvalue weighted by Gasteiger charge is 2.31. The third-order valence-corrected chi connectivity index (χ3v) is 6.12. The van der Waals surface area contributed by atoms with Gasteiger partial charge in [-0.3, -0.25) is 0 Å². The van der Waals surface area contributed by atoms with Gasteiger partial charge in [0.1, 0.15) is 0 Å². The summed E-state index contributed by atoms with van der Waals surface area (Å²) < 4.78 is 4.56. The number of benzene rings is 2. The van der Waals surface area contributed by atoms with Gasteiger partial charge in [0.2, 0.25) is 0 Å². The maximum atomic E-state index is 11.2. The normalized spacial score (nSPS) is 15.6. The topological polar surface area (TPSA) is 38.0 Å². The lowest BCUT2D eigenvalue weighted by atomic mass is 9.83. The van der Waals surface area contributed by atoms with Crippen molar-refractivity contribution >= 4 is 31.5 Å². The van der Waals surface area contributed by atoms with E-state index in [1.165, 1.54) is 20.2 Å². The molecule has 2 atom stereocenters. The molecule has 3 nitrogen and oxygen atoms in total. The second-order valence-electron chi connectivity index (χ2n) is 6.62. The Hall–Kier alpha value is -2.17. The second-order valence-corrected chi connectivity index (χ2v) is 7.70. The fourth-order valence-electron chi connectivity index (χ4n) is 3.21. The summed E-state index contributed by atoms with van der Waals surface area (Å²) in [5.41, 5.74) is 0.0628. The van der Waals surface area contributed by atoms with Gasteiger partial charge in [-0.25, -0.2) is 4.98 Å². The van der Waals surface area contributed by atoms with Crippen LogP contribution < -0.4 is 0 Å². The van der Waals surface area contributed by atoms with Gasteiger partial charge in [-0.2, -0.15) is 0 Å². The number of imidazole rings is 1. The Balaban J connectivity index is 1.75. The Kier molecular flexibility index (Phi) is 3.66. The van der Waals surface area contributed by atoms with Crippen LogP contribution in [0, 0.1) is 5.92 Å². The lowest BCUT2D eigenvalue weighted by Gasteiger charge is -2.31. The van der Waals surface area contributed by atoms with Crippen LogP contribution in [0.15, 0.2) is 61.2 Å². The summed E-state index contributed by atoms with van der Waals surface area (Å²) in [5.74, 6) is 0.0639. The van der Waals surface area contributed by atoms with E-state index in [-0.39, 0.29) is 5.92 Å². The van der Waals surface area contributed by atoms with Crippen molar-refractivity contribution in [2.24, 2.45) is 5.92 Å². The van der Waals surface area contributed by atoms with E-state index in [4.69, 9.17) is 0 Å². The molecule has 0 amide bonds. The van der Waals surface area contributed by atoms with E-state index in [0.29, 0.717) is 0 Å². The second kappa shape index (κ2) is 5.72. The number of hydrogen-bond donors (Lipinski definition) is 1. The first kappa shape index (κ1) is 15.4. The van der Waals surface area contributed by atoms with Crippen LogP contribution in [-0.4, -0.2) is 14.7 Å². The summed E-state index contributed by atoms with van der Waals surface area (Å²) in [5, 5.41) is 13.7. The molecular formula is C20H20N2OS. The molecule has 2 heterocycles. The highest BCUT2D eigenvalue weighted by molar-refractivity contribution is 7.25. The van der Waals surface area contributed by atoms with Crippen molar-refractivity contribution < 1.29 is 5.11 Å². The lowest BCUT2D eigenvalue weighted by molar-refractivity contribution is -0.00530. The molecule has 2 aromatic carbocycles. The summed E-state index contributed by atoms with van der Waals surface area (Å²) in [7, 11) is 0. The minimum Gasteiger partial charge on any atom is -0.385 e. The van der Waals surface area contributed by atoms with Gasteiger partial charge in [0.25, 0.3) is 0 Å².